The summed E-state index contributed by atoms with van der Waals surface area (Å²) >= 11 is 0. The van der Waals surface area contributed by atoms with Gasteiger partial charge in [-0.15, -0.1) is 10.2 Å². The van der Waals surface area contributed by atoms with Gasteiger partial charge in [0.1, 0.15) is 12.2 Å². The minimum Gasteiger partial charge on any atom is -0.369 e. The van der Waals surface area contributed by atoms with E-state index in [1.165, 1.54) is 0 Å². The average Bonchev–Trinajstić information content (AvgIpc) is 2.73. The normalized spacial score (nSPS) is 24.8. The molecule has 1 aromatic heterocycles. The third kappa shape index (κ3) is 3.03. The van der Waals surface area contributed by atoms with Gasteiger partial charge in [0.15, 0.2) is 0 Å². The molecule has 2 rings (SSSR count). The summed E-state index contributed by atoms with van der Waals surface area (Å²) in [5.74, 6) is 0.849. The zero-order valence-electron chi connectivity index (χ0n) is 10.1. The van der Waals surface area contributed by atoms with Crippen molar-refractivity contribution in [3.8, 4) is 0 Å². The van der Waals surface area contributed by atoms with Gasteiger partial charge in [0.05, 0.1) is 6.54 Å². The van der Waals surface area contributed by atoms with Crippen molar-refractivity contribution in [2.75, 3.05) is 0 Å². The molecule has 0 aromatic carbocycles. The van der Waals surface area contributed by atoms with Crippen LogP contribution in [-0.2, 0) is 18.4 Å². The minimum absolute atomic E-state index is 0.0721. The first-order chi connectivity index (χ1) is 8.16. The van der Waals surface area contributed by atoms with Crippen LogP contribution in [0.2, 0.25) is 0 Å². The van der Waals surface area contributed by atoms with Crippen LogP contribution < -0.4 is 11.1 Å². The van der Waals surface area contributed by atoms with Crippen molar-refractivity contribution in [1.82, 2.24) is 20.1 Å². The molecule has 17 heavy (non-hydrogen) atoms. The molecule has 1 aliphatic rings. The van der Waals surface area contributed by atoms with Crippen molar-refractivity contribution in [3.05, 3.63) is 12.2 Å². The fraction of sp³-hybridized carbons (Fsp3) is 0.727. The molecule has 1 saturated carbocycles. The van der Waals surface area contributed by atoms with Gasteiger partial charge in [-0.25, -0.2) is 0 Å². The molecular formula is C11H19N5O. The van der Waals surface area contributed by atoms with Crippen molar-refractivity contribution in [3.63, 3.8) is 0 Å². The first-order valence-electron chi connectivity index (χ1n) is 6.02. The highest BCUT2D eigenvalue weighted by Gasteiger charge is 2.24. The lowest BCUT2D eigenvalue weighted by Crippen LogP contribution is -2.36. The second-order valence-corrected chi connectivity index (χ2v) is 4.69. The maximum atomic E-state index is 11.0. The summed E-state index contributed by atoms with van der Waals surface area (Å²) in [4.78, 5) is 11.0. The van der Waals surface area contributed by atoms with Gasteiger partial charge in [0.2, 0.25) is 5.91 Å². The largest absolute Gasteiger partial charge is 0.369 e. The molecule has 1 aromatic rings. The molecule has 1 heterocycles. The third-order valence-corrected chi connectivity index (χ3v) is 3.48. The van der Waals surface area contributed by atoms with E-state index in [2.05, 4.69) is 15.5 Å². The number of hydrogen-bond acceptors (Lipinski definition) is 4. The van der Waals surface area contributed by atoms with Crippen LogP contribution >= 0.6 is 0 Å². The van der Waals surface area contributed by atoms with E-state index in [-0.39, 0.29) is 11.8 Å². The van der Waals surface area contributed by atoms with E-state index in [0.29, 0.717) is 6.04 Å². The molecule has 0 aliphatic heterocycles. The summed E-state index contributed by atoms with van der Waals surface area (Å²) in [6.45, 7) is 0.725. The number of primary amides is 1. The first kappa shape index (κ1) is 12.0. The van der Waals surface area contributed by atoms with Crippen LogP contribution in [0.4, 0.5) is 0 Å². The Balaban J connectivity index is 1.75. The van der Waals surface area contributed by atoms with Crippen LogP contribution in [0.25, 0.3) is 0 Å². The van der Waals surface area contributed by atoms with Gasteiger partial charge >= 0.3 is 0 Å². The van der Waals surface area contributed by atoms with Crippen molar-refractivity contribution >= 4 is 5.91 Å². The number of carbonyl (C=O) groups excluding carboxylic acids is 1. The van der Waals surface area contributed by atoms with Gasteiger partial charge in [0, 0.05) is 19.0 Å². The van der Waals surface area contributed by atoms with Crippen LogP contribution in [0.5, 0.6) is 0 Å². The predicted molar refractivity (Wildman–Crippen MR) is 62.8 cm³/mol. The standard InChI is InChI=1S/C11H19N5O/c1-16-7-14-15-10(16)6-13-9-4-2-8(3-5-9)11(12)17/h7-9,13H,2-6H2,1H3,(H2,12,17). The lowest BCUT2D eigenvalue weighted by atomic mass is 9.85. The molecule has 0 spiro atoms. The third-order valence-electron chi connectivity index (χ3n) is 3.48. The second kappa shape index (κ2) is 5.27. The molecule has 1 amide bonds. The Morgan fingerprint density at radius 1 is 1.53 bits per heavy atom. The molecule has 6 heteroatoms. The molecule has 1 aliphatic carbocycles. The summed E-state index contributed by atoms with van der Waals surface area (Å²) < 4.78 is 1.90. The molecular weight excluding hydrogens is 218 g/mol. The summed E-state index contributed by atoms with van der Waals surface area (Å²) in [6.07, 6.45) is 5.50. The summed E-state index contributed by atoms with van der Waals surface area (Å²) in [7, 11) is 1.93. The van der Waals surface area contributed by atoms with Crippen LogP contribution in [-0.4, -0.2) is 26.7 Å². The Morgan fingerprint density at radius 3 is 2.76 bits per heavy atom. The lowest BCUT2D eigenvalue weighted by Gasteiger charge is -2.27. The smallest absolute Gasteiger partial charge is 0.220 e. The number of amides is 1. The fourth-order valence-corrected chi connectivity index (χ4v) is 2.28. The highest BCUT2D eigenvalue weighted by Crippen LogP contribution is 2.23. The van der Waals surface area contributed by atoms with Crippen molar-refractivity contribution in [2.45, 2.75) is 38.3 Å². The molecule has 1 fully saturated rings. The van der Waals surface area contributed by atoms with E-state index in [4.69, 9.17) is 5.73 Å². The Bertz CT molecular complexity index is 381. The van der Waals surface area contributed by atoms with E-state index < -0.39 is 0 Å². The van der Waals surface area contributed by atoms with Gasteiger partial charge in [-0.3, -0.25) is 4.79 Å². The zero-order valence-corrected chi connectivity index (χ0v) is 10.1. The van der Waals surface area contributed by atoms with Gasteiger partial charge in [-0.1, -0.05) is 0 Å². The number of nitrogens with two attached hydrogens (primary N) is 1. The maximum absolute atomic E-state index is 11.0. The van der Waals surface area contributed by atoms with E-state index in [0.717, 1.165) is 38.1 Å². The van der Waals surface area contributed by atoms with E-state index in [1.54, 1.807) is 6.33 Å². The molecule has 0 unspecified atom stereocenters. The van der Waals surface area contributed by atoms with E-state index in [9.17, 15) is 4.79 Å². The SMILES string of the molecule is Cn1cnnc1CNC1CCC(C(N)=O)CC1. The number of rotatable bonds is 4. The van der Waals surface area contributed by atoms with Crippen molar-refractivity contribution in [1.29, 1.82) is 0 Å². The quantitative estimate of drug-likeness (QED) is 0.768. The average molecular weight is 237 g/mol. The summed E-state index contributed by atoms with van der Waals surface area (Å²) in [6, 6.07) is 0.460. The minimum atomic E-state index is -0.156. The van der Waals surface area contributed by atoms with Crippen LogP contribution in [0.15, 0.2) is 6.33 Å². The summed E-state index contributed by atoms with van der Waals surface area (Å²) in [5.41, 5.74) is 5.30. The van der Waals surface area contributed by atoms with Gasteiger partial charge in [-0.2, -0.15) is 0 Å². The maximum Gasteiger partial charge on any atom is 0.220 e. The molecule has 6 nitrogen and oxygen atoms in total. The molecule has 0 saturated heterocycles. The van der Waals surface area contributed by atoms with Crippen LogP contribution in [0.1, 0.15) is 31.5 Å². The van der Waals surface area contributed by atoms with E-state index in [1.807, 2.05) is 11.6 Å². The van der Waals surface area contributed by atoms with Crippen molar-refractivity contribution in [2.24, 2.45) is 18.7 Å². The van der Waals surface area contributed by atoms with Crippen LogP contribution in [0.3, 0.4) is 0 Å². The molecule has 0 atom stereocenters. The highest BCUT2D eigenvalue weighted by atomic mass is 16.1. The van der Waals surface area contributed by atoms with Gasteiger partial charge < -0.3 is 15.6 Å². The van der Waals surface area contributed by atoms with Gasteiger partial charge in [-0.05, 0) is 25.7 Å². The van der Waals surface area contributed by atoms with E-state index >= 15 is 0 Å². The first-order valence-corrected chi connectivity index (χ1v) is 6.02. The number of carbonyl (C=O) groups is 1. The van der Waals surface area contributed by atoms with Crippen molar-refractivity contribution < 1.29 is 4.79 Å². The molecule has 3 N–H and O–H groups in total. The number of aromatic nitrogens is 3. The Morgan fingerprint density at radius 2 is 2.24 bits per heavy atom. The Labute approximate surface area is 101 Å². The highest BCUT2D eigenvalue weighted by molar-refractivity contribution is 5.76. The Kier molecular flexibility index (Phi) is 3.73. The number of hydrogen-bond donors (Lipinski definition) is 2. The number of nitrogens with one attached hydrogen (secondary N) is 1. The second-order valence-electron chi connectivity index (χ2n) is 4.69. The molecule has 0 radical (unpaired) electrons. The monoisotopic (exact) mass is 237 g/mol. The zero-order chi connectivity index (χ0) is 12.3. The molecule has 94 valence electrons. The van der Waals surface area contributed by atoms with Crippen LogP contribution in [0, 0.1) is 5.92 Å². The topological polar surface area (TPSA) is 85.8 Å². The molecule has 0 bridgehead atoms. The number of nitrogens with zero attached hydrogens (tertiary/aromatic N) is 3. The Hall–Kier alpha value is -1.43. The van der Waals surface area contributed by atoms with Gasteiger partial charge in [0.25, 0.3) is 0 Å². The lowest BCUT2D eigenvalue weighted by molar-refractivity contribution is -0.122. The fourth-order valence-electron chi connectivity index (χ4n) is 2.28. The number of aryl methyl sites for hydroxylation is 1. The summed E-state index contributed by atoms with van der Waals surface area (Å²) in [5, 5.41) is 11.3. The predicted octanol–water partition coefficient (Wildman–Crippen LogP) is -0.0512.